The molecule has 0 saturated carbocycles. The summed E-state index contributed by atoms with van der Waals surface area (Å²) >= 11 is 0. The second-order valence-corrected chi connectivity index (χ2v) is 3.58. The number of carbonyl (C=O) groups is 1. The maximum atomic E-state index is 11.7. The van der Waals surface area contributed by atoms with Crippen LogP contribution in [0.3, 0.4) is 0 Å². The maximum absolute atomic E-state index is 11.7. The van der Waals surface area contributed by atoms with Crippen molar-refractivity contribution in [2.45, 2.75) is 39.2 Å². The van der Waals surface area contributed by atoms with E-state index >= 15 is 0 Å². The van der Waals surface area contributed by atoms with Crippen LogP contribution in [0.1, 0.15) is 43.6 Å². The highest BCUT2D eigenvalue weighted by molar-refractivity contribution is 5.92. The van der Waals surface area contributed by atoms with E-state index < -0.39 is 0 Å². The average molecular weight is 238 g/mol. The van der Waals surface area contributed by atoms with Crippen molar-refractivity contribution in [1.82, 2.24) is 10.3 Å². The Morgan fingerprint density at radius 3 is 2.59 bits per heavy atom. The number of carbonyl (C=O) groups excluding carboxylic acids is 1. The fourth-order valence-corrected chi connectivity index (χ4v) is 1.48. The first-order valence-corrected chi connectivity index (χ1v) is 5.94. The van der Waals surface area contributed by atoms with E-state index in [1.54, 1.807) is 18.3 Å². The molecule has 0 fully saturated rings. The first-order valence-electron chi connectivity index (χ1n) is 5.94. The van der Waals surface area contributed by atoms with E-state index in [0.29, 0.717) is 5.69 Å². The van der Waals surface area contributed by atoms with Crippen LogP contribution < -0.4 is 5.32 Å². The first kappa shape index (κ1) is 15.6. The third-order valence-electron chi connectivity index (χ3n) is 2.36. The van der Waals surface area contributed by atoms with Crippen LogP contribution in [0, 0.1) is 0 Å². The molecule has 0 aliphatic rings. The van der Waals surface area contributed by atoms with Crippen LogP contribution in [0.5, 0.6) is 0 Å². The fourth-order valence-electron chi connectivity index (χ4n) is 1.48. The molecular formula is C13H22N2O2. The Bertz CT molecular complexity index is 302. The van der Waals surface area contributed by atoms with Crippen LogP contribution in [0.25, 0.3) is 0 Å². The summed E-state index contributed by atoms with van der Waals surface area (Å²) in [5, 5.41) is 9.98. The number of hydrogen-bond donors (Lipinski definition) is 2. The molecule has 2 N–H and O–H groups in total. The zero-order chi connectivity index (χ0) is 13.1. The number of hydrogen-bond acceptors (Lipinski definition) is 3. The Morgan fingerprint density at radius 2 is 2.12 bits per heavy atom. The highest BCUT2D eigenvalue weighted by Crippen LogP contribution is 2.02. The number of pyridine rings is 1. The van der Waals surface area contributed by atoms with Gasteiger partial charge in [-0.1, -0.05) is 26.3 Å². The van der Waals surface area contributed by atoms with E-state index in [9.17, 15) is 4.79 Å². The molecule has 0 aliphatic heterocycles. The van der Waals surface area contributed by atoms with Gasteiger partial charge in [0.15, 0.2) is 0 Å². The van der Waals surface area contributed by atoms with Crippen molar-refractivity contribution in [2.24, 2.45) is 0 Å². The standard InChI is InChI=1S/C12H18N2O.CH4O/c1-3-7-10(4-2)14-12(15)11-8-5-6-9-13-11;1-2/h5-6,8-10H,3-4,7H2,1-2H3,(H,14,15);2H,1H3. The van der Waals surface area contributed by atoms with E-state index in [1.165, 1.54) is 0 Å². The Morgan fingerprint density at radius 1 is 1.41 bits per heavy atom. The number of nitrogens with zero attached hydrogens (tertiary/aromatic N) is 1. The van der Waals surface area contributed by atoms with Gasteiger partial charge in [0.2, 0.25) is 0 Å². The van der Waals surface area contributed by atoms with Gasteiger partial charge in [0.25, 0.3) is 5.91 Å². The van der Waals surface area contributed by atoms with Gasteiger partial charge in [0, 0.05) is 19.3 Å². The highest BCUT2D eigenvalue weighted by Gasteiger charge is 2.11. The van der Waals surface area contributed by atoms with Crippen molar-refractivity contribution in [3.05, 3.63) is 30.1 Å². The lowest BCUT2D eigenvalue weighted by Gasteiger charge is -2.15. The van der Waals surface area contributed by atoms with Gasteiger partial charge >= 0.3 is 0 Å². The summed E-state index contributed by atoms with van der Waals surface area (Å²) in [5.74, 6) is -0.0732. The summed E-state index contributed by atoms with van der Waals surface area (Å²) in [6, 6.07) is 5.63. The molecule has 1 heterocycles. The summed E-state index contributed by atoms with van der Waals surface area (Å²) in [5.41, 5.74) is 0.493. The summed E-state index contributed by atoms with van der Waals surface area (Å²) in [6.45, 7) is 4.20. The largest absolute Gasteiger partial charge is 0.400 e. The average Bonchev–Trinajstić information content (AvgIpc) is 2.41. The topological polar surface area (TPSA) is 62.2 Å². The number of rotatable bonds is 5. The molecule has 0 saturated heterocycles. The smallest absolute Gasteiger partial charge is 0.270 e. The molecule has 96 valence electrons. The number of amides is 1. The van der Waals surface area contributed by atoms with Crippen molar-refractivity contribution >= 4 is 5.91 Å². The molecule has 1 rings (SSSR count). The normalized spacial score (nSPS) is 11.1. The van der Waals surface area contributed by atoms with Crippen LogP contribution in [-0.2, 0) is 0 Å². The first-order chi connectivity index (χ1) is 8.27. The molecule has 0 aliphatic carbocycles. The number of aliphatic hydroxyl groups excluding tert-OH is 1. The molecule has 1 atom stereocenters. The van der Waals surface area contributed by atoms with Crippen molar-refractivity contribution in [3.8, 4) is 0 Å². The fraction of sp³-hybridized carbons (Fsp3) is 0.538. The molecule has 0 bridgehead atoms. The third kappa shape index (κ3) is 6.02. The van der Waals surface area contributed by atoms with Crippen LogP contribution in [0.4, 0.5) is 0 Å². The van der Waals surface area contributed by atoms with E-state index in [1.807, 2.05) is 6.07 Å². The second kappa shape index (κ2) is 9.78. The van der Waals surface area contributed by atoms with Crippen LogP contribution >= 0.6 is 0 Å². The maximum Gasteiger partial charge on any atom is 0.270 e. The van der Waals surface area contributed by atoms with Gasteiger partial charge in [-0.25, -0.2) is 0 Å². The van der Waals surface area contributed by atoms with Crippen molar-refractivity contribution < 1.29 is 9.90 Å². The lowest BCUT2D eigenvalue weighted by atomic mass is 10.1. The van der Waals surface area contributed by atoms with Gasteiger partial charge in [-0.3, -0.25) is 9.78 Å². The Hall–Kier alpha value is -1.42. The van der Waals surface area contributed by atoms with Gasteiger partial charge in [0.1, 0.15) is 5.69 Å². The molecule has 1 amide bonds. The van der Waals surface area contributed by atoms with Gasteiger partial charge in [0.05, 0.1) is 0 Å². The number of aliphatic hydroxyl groups is 1. The molecule has 1 aromatic rings. The molecule has 1 aromatic heterocycles. The Labute approximate surface area is 103 Å². The lowest BCUT2D eigenvalue weighted by molar-refractivity contribution is 0.0928. The minimum atomic E-state index is -0.0732. The van der Waals surface area contributed by atoms with Crippen LogP contribution in [-0.4, -0.2) is 29.1 Å². The van der Waals surface area contributed by atoms with Crippen LogP contribution in [0.15, 0.2) is 24.4 Å². The molecule has 0 spiro atoms. The SMILES string of the molecule is CCCC(CC)NC(=O)c1ccccn1.CO. The monoisotopic (exact) mass is 238 g/mol. The Kier molecular flexibility index (Phi) is 8.96. The summed E-state index contributed by atoms with van der Waals surface area (Å²) in [6.07, 6.45) is 4.71. The second-order valence-electron chi connectivity index (χ2n) is 3.58. The van der Waals surface area contributed by atoms with Crippen molar-refractivity contribution in [1.29, 1.82) is 0 Å². The van der Waals surface area contributed by atoms with Crippen molar-refractivity contribution in [2.75, 3.05) is 7.11 Å². The predicted molar refractivity (Wildman–Crippen MR) is 68.8 cm³/mol. The minimum absolute atomic E-state index is 0.0732. The lowest BCUT2D eigenvalue weighted by Crippen LogP contribution is -2.34. The predicted octanol–water partition coefficient (Wildman–Crippen LogP) is 2.00. The van der Waals surface area contributed by atoms with E-state index in [0.717, 1.165) is 26.4 Å². The molecule has 1 unspecified atom stereocenters. The third-order valence-corrected chi connectivity index (χ3v) is 2.36. The Balaban J connectivity index is 0.00000121. The number of nitrogens with one attached hydrogen (secondary N) is 1. The molecule has 4 nitrogen and oxygen atoms in total. The highest BCUT2D eigenvalue weighted by atomic mass is 16.2. The van der Waals surface area contributed by atoms with E-state index in [2.05, 4.69) is 24.1 Å². The quantitative estimate of drug-likeness (QED) is 0.824. The molecule has 0 radical (unpaired) electrons. The summed E-state index contributed by atoms with van der Waals surface area (Å²) in [4.78, 5) is 15.7. The van der Waals surface area contributed by atoms with Gasteiger partial charge in [-0.2, -0.15) is 0 Å². The molecule has 17 heavy (non-hydrogen) atoms. The molecule has 0 aromatic carbocycles. The molecule has 4 heteroatoms. The van der Waals surface area contributed by atoms with Gasteiger partial charge in [-0.05, 0) is 25.0 Å². The summed E-state index contributed by atoms with van der Waals surface area (Å²) < 4.78 is 0. The zero-order valence-electron chi connectivity index (χ0n) is 10.8. The van der Waals surface area contributed by atoms with Gasteiger partial charge < -0.3 is 10.4 Å². The van der Waals surface area contributed by atoms with E-state index in [-0.39, 0.29) is 11.9 Å². The van der Waals surface area contributed by atoms with Crippen LogP contribution in [0.2, 0.25) is 0 Å². The number of aromatic nitrogens is 1. The minimum Gasteiger partial charge on any atom is -0.400 e. The summed E-state index contributed by atoms with van der Waals surface area (Å²) in [7, 11) is 1.00. The van der Waals surface area contributed by atoms with Crippen molar-refractivity contribution in [3.63, 3.8) is 0 Å². The van der Waals surface area contributed by atoms with Gasteiger partial charge in [-0.15, -0.1) is 0 Å². The molecular weight excluding hydrogens is 216 g/mol. The van der Waals surface area contributed by atoms with E-state index in [4.69, 9.17) is 5.11 Å². The zero-order valence-corrected chi connectivity index (χ0v) is 10.8.